The van der Waals surface area contributed by atoms with Gasteiger partial charge in [0.1, 0.15) is 5.75 Å². The molecular weight excluding hydrogens is 350 g/mol. The molecule has 1 N–H and O–H groups in total. The summed E-state index contributed by atoms with van der Waals surface area (Å²) in [6, 6.07) is 9.78. The molecule has 27 heavy (non-hydrogen) atoms. The van der Waals surface area contributed by atoms with Crippen molar-refractivity contribution in [1.29, 1.82) is 0 Å². The van der Waals surface area contributed by atoms with E-state index in [1.807, 2.05) is 0 Å². The fourth-order valence-electron chi connectivity index (χ4n) is 2.34. The quantitative estimate of drug-likeness (QED) is 0.595. The summed E-state index contributed by atoms with van der Waals surface area (Å²) in [4.78, 5) is 23.6. The number of methoxy groups -OCH3 is 4. The first kappa shape index (κ1) is 19.8. The Morgan fingerprint density at radius 3 is 2.00 bits per heavy atom. The van der Waals surface area contributed by atoms with Crippen LogP contribution in [-0.4, -0.2) is 40.3 Å². The largest absolute Gasteiger partial charge is 0.496 e. The predicted octanol–water partition coefficient (Wildman–Crippen LogP) is 3.15. The maximum absolute atomic E-state index is 12.2. The van der Waals surface area contributed by atoms with Crippen molar-refractivity contribution in [3.05, 3.63) is 53.6 Å². The second-order valence-corrected chi connectivity index (χ2v) is 5.34. The van der Waals surface area contributed by atoms with E-state index in [4.69, 9.17) is 14.2 Å². The van der Waals surface area contributed by atoms with Gasteiger partial charge >= 0.3 is 5.97 Å². The van der Waals surface area contributed by atoms with Gasteiger partial charge in [0, 0.05) is 23.4 Å². The van der Waals surface area contributed by atoms with Gasteiger partial charge in [0.15, 0.2) is 11.5 Å². The number of benzene rings is 2. The van der Waals surface area contributed by atoms with Gasteiger partial charge in [-0.15, -0.1) is 0 Å². The maximum atomic E-state index is 12.2. The second kappa shape index (κ2) is 9.28. The van der Waals surface area contributed by atoms with E-state index in [-0.39, 0.29) is 5.91 Å². The summed E-state index contributed by atoms with van der Waals surface area (Å²) in [6.45, 7) is 0. The summed E-state index contributed by atoms with van der Waals surface area (Å²) >= 11 is 0. The molecule has 0 aliphatic heterocycles. The van der Waals surface area contributed by atoms with Crippen LogP contribution >= 0.6 is 0 Å². The predicted molar refractivity (Wildman–Crippen MR) is 102 cm³/mol. The molecule has 0 heterocycles. The van der Waals surface area contributed by atoms with Crippen molar-refractivity contribution >= 4 is 23.6 Å². The number of hydrogen-bond donors (Lipinski definition) is 1. The van der Waals surface area contributed by atoms with Gasteiger partial charge in [0.25, 0.3) is 0 Å². The Kier molecular flexibility index (Phi) is 6.82. The van der Waals surface area contributed by atoms with Crippen LogP contribution in [0.25, 0.3) is 6.08 Å². The van der Waals surface area contributed by atoms with Gasteiger partial charge in [-0.25, -0.2) is 4.79 Å². The van der Waals surface area contributed by atoms with Crippen molar-refractivity contribution < 1.29 is 28.5 Å². The van der Waals surface area contributed by atoms with E-state index >= 15 is 0 Å². The first-order valence-corrected chi connectivity index (χ1v) is 7.99. The summed E-state index contributed by atoms with van der Waals surface area (Å²) in [5.74, 6) is 0.823. The van der Waals surface area contributed by atoms with Crippen LogP contribution in [0.5, 0.6) is 17.2 Å². The summed E-state index contributed by atoms with van der Waals surface area (Å²) in [5.41, 5.74) is 1.61. The number of carbonyl (C=O) groups excluding carboxylic acids is 2. The van der Waals surface area contributed by atoms with E-state index in [9.17, 15) is 9.59 Å². The minimum Gasteiger partial charge on any atom is -0.496 e. The standard InChI is InChI=1S/C20H21NO6/c1-24-16-12-18(26-3)17(25-2)11-14(16)7-10-19(22)21-15-8-5-13(6-9-15)20(23)27-4/h5-12H,1-4H3,(H,21,22)/b10-7+. The molecule has 0 radical (unpaired) electrons. The summed E-state index contributed by atoms with van der Waals surface area (Å²) in [6.07, 6.45) is 2.98. The molecule has 0 fully saturated rings. The number of amides is 1. The van der Waals surface area contributed by atoms with Crippen LogP contribution in [0.3, 0.4) is 0 Å². The number of nitrogens with one attached hydrogen (secondary N) is 1. The molecule has 0 saturated heterocycles. The number of rotatable bonds is 7. The molecular formula is C20H21NO6. The van der Waals surface area contributed by atoms with Crippen LogP contribution in [-0.2, 0) is 9.53 Å². The number of anilines is 1. The van der Waals surface area contributed by atoms with Crippen molar-refractivity contribution in [1.82, 2.24) is 0 Å². The molecule has 7 nitrogen and oxygen atoms in total. The fourth-order valence-corrected chi connectivity index (χ4v) is 2.34. The molecule has 2 aromatic rings. The SMILES string of the molecule is COC(=O)c1ccc(NC(=O)/C=C/c2cc(OC)c(OC)cc2OC)cc1. The van der Waals surface area contributed by atoms with E-state index in [0.717, 1.165) is 0 Å². The van der Waals surface area contributed by atoms with Crippen molar-refractivity contribution in [2.75, 3.05) is 33.8 Å². The molecule has 0 atom stereocenters. The van der Waals surface area contributed by atoms with Crippen LogP contribution < -0.4 is 19.5 Å². The lowest BCUT2D eigenvalue weighted by Gasteiger charge is -2.12. The average Bonchev–Trinajstić information content (AvgIpc) is 2.71. The van der Waals surface area contributed by atoms with E-state index in [2.05, 4.69) is 10.1 Å². The Morgan fingerprint density at radius 2 is 1.44 bits per heavy atom. The van der Waals surface area contributed by atoms with E-state index in [0.29, 0.717) is 34.1 Å². The van der Waals surface area contributed by atoms with Crippen LogP contribution in [0, 0.1) is 0 Å². The Morgan fingerprint density at radius 1 is 0.852 bits per heavy atom. The molecule has 0 spiro atoms. The fraction of sp³-hybridized carbons (Fsp3) is 0.200. The van der Waals surface area contributed by atoms with Gasteiger partial charge in [-0.05, 0) is 36.4 Å². The molecule has 0 bridgehead atoms. The van der Waals surface area contributed by atoms with Gasteiger partial charge in [0.2, 0.25) is 5.91 Å². The van der Waals surface area contributed by atoms with Crippen molar-refractivity contribution in [2.24, 2.45) is 0 Å². The van der Waals surface area contributed by atoms with Gasteiger partial charge in [-0.3, -0.25) is 4.79 Å². The minimum atomic E-state index is -0.437. The third kappa shape index (κ3) is 5.01. The highest BCUT2D eigenvalue weighted by atomic mass is 16.5. The van der Waals surface area contributed by atoms with E-state index in [1.165, 1.54) is 34.5 Å². The van der Waals surface area contributed by atoms with Crippen molar-refractivity contribution in [2.45, 2.75) is 0 Å². The second-order valence-electron chi connectivity index (χ2n) is 5.34. The van der Waals surface area contributed by atoms with Crippen LogP contribution in [0.4, 0.5) is 5.69 Å². The third-order valence-corrected chi connectivity index (χ3v) is 3.72. The highest BCUT2D eigenvalue weighted by Crippen LogP contribution is 2.35. The highest BCUT2D eigenvalue weighted by Gasteiger charge is 2.10. The molecule has 2 aromatic carbocycles. The number of ether oxygens (including phenoxy) is 4. The first-order valence-electron chi connectivity index (χ1n) is 7.99. The monoisotopic (exact) mass is 371 g/mol. The summed E-state index contributed by atoms with van der Waals surface area (Å²) in [5, 5.41) is 2.71. The topological polar surface area (TPSA) is 83.1 Å². The van der Waals surface area contributed by atoms with Crippen LogP contribution in [0.1, 0.15) is 15.9 Å². The zero-order valence-corrected chi connectivity index (χ0v) is 15.6. The van der Waals surface area contributed by atoms with Gasteiger partial charge in [-0.2, -0.15) is 0 Å². The first-order chi connectivity index (χ1) is 13.0. The summed E-state index contributed by atoms with van der Waals surface area (Å²) < 4.78 is 20.5. The van der Waals surface area contributed by atoms with E-state index < -0.39 is 5.97 Å². The Hall–Kier alpha value is -3.48. The highest BCUT2D eigenvalue weighted by molar-refractivity contribution is 6.02. The molecule has 2 rings (SSSR count). The Labute approximate surface area is 157 Å². The molecule has 142 valence electrons. The maximum Gasteiger partial charge on any atom is 0.337 e. The molecule has 0 saturated carbocycles. The lowest BCUT2D eigenvalue weighted by molar-refractivity contribution is -0.111. The third-order valence-electron chi connectivity index (χ3n) is 3.72. The van der Waals surface area contributed by atoms with Crippen molar-refractivity contribution in [3.8, 4) is 17.2 Å². The van der Waals surface area contributed by atoms with Gasteiger partial charge in [0.05, 0.1) is 34.0 Å². The number of esters is 1. The molecule has 0 aromatic heterocycles. The molecule has 0 aliphatic carbocycles. The minimum absolute atomic E-state index is 0.336. The zero-order chi connectivity index (χ0) is 19.8. The molecule has 1 amide bonds. The van der Waals surface area contributed by atoms with E-state index in [1.54, 1.807) is 42.5 Å². The molecule has 0 unspecified atom stereocenters. The van der Waals surface area contributed by atoms with Crippen LogP contribution in [0.2, 0.25) is 0 Å². The number of carbonyl (C=O) groups is 2. The molecule has 7 heteroatoms. The summed E-state index contributed by atoms with van der Waals surface area (Å²) in [7, 11) is 5.90. The Bertz CT molecular complexity index is 842. The normalized spacial score (nSPS) is 10.4. The van der Waals surface area contributed by atoms with Gasteiger partial charge in [-0.1, -0.05) is 0 Å². The average molecular weight is 371 g/mol. The lowest BCUT2D eigenvalue weighted by Crippen LogP contribution is -2.08. The Balaban J connectivity index is 2.13. The zero-order valence-electron chi connectivity index (χ0n) is 15.6. The smallest absolute Gasteiger partial charge is 0.337 e. The number of hydrogen-bond acceptors (Lipinski definition) is 6. The molecule has 0 aliphatic rings. The van der Waals surface area contributed by atoms with Crippen molar-refractivity contribution in [3.63, 3.8) is 0 Å². The lowest BCUT2D eigenvalue weighted by atomic mass is 10.1. The van der Waals surface area contributed by atoms with Crippen LogP contribution in [0.15, 0.2) is 42.5 Å². The van der Waals surface area contributed by atoms with Gasteiger partial charge < -0.3 is 24.3 Å².